The van der Waals surface area contributed by atoms with Crippen LogP contribution in [-0.2, 0) is 0 Å². The maximum absolute atomic E-state index is 15.2. The number of fused-ring (bicyclic) bond motifs is 2. The van der Waals surface area contributed by atoms with Crippen LogP contribution in [0.5, 0.6) is 0 Å². The fourth-order valence-electron chi connectivity index (χ4n) is 2.82. The van der Waals surface area contributed by atoms with Gasteiger partial charge in [0.2, 0.25) is 0 Å². The van der Waals surface area contributed by atoms with Crippen molar-refractivity contribution in [3.05, 3.63) is 45.9 Å². The van der Waals surface area contributed by atoms with Gasteiger partial charge < -0.3 is 5.21 Å². The number of hydrogen-bond acceptors (Lipinski definition) is 6. The highest BCUT2D eigenvalue weighted by molar-refractivity contribution is 7.28. The molecule has 0 fully saturated rings. The average Bonchev–Trinajstić information content (AvgIpc) is 3.31. The normalized spacial score (nSPS) is 11.8. The summed E-state index contributed by atoms with van der Waals surface area (Å²) < 4.78 is 17.4. The number of rotatable bonds is 2. The topological polar surface area (TPSA) is 50.9 Å². The fourth-order valence-corrected chi connectivity index (χ4v) is 6.09. The Morgan fingerprint density at radius 3 is 2.52 bits per heavy atom. The van der Waals surface area contributed by atoms with E-state index in [0.29, 0.717) is 26.4 Å². The van der Waals surface area contributed by atoms with E-state index in [2.05, 4.69) is 10.2 Å². The van der Waals surface area contributed by atoms with Gasteiger partial charge >= 0.3 is 0 Å². The van der Waals surface area contributed by atoms with E-state index in [0.717, 1.165) is 14.3 Å². The third kappa shape index (κ3) is 2.22. The van der Waals surface area contributed by atoms with E-state index in [4.69, 9.17) is 11.6 Å². The summed E-state index contributed by atoms with van der Waals surface area (Å²) in [4.78, 5) is 1.95. The average molecular weight is 408 g/mol. The first-order chi connectivity index (χ1) is 12.1. The van der Waals surface area contributed by atoms with Gasteiger partial charge in [0.05, 0.1) is 10.6 Å². The molecule has 0 bridgehead atoms. The number of hydrogen-bond donors (Lipinski definition) is 1. The highest BCUT2D eigenvalue weighted by Crippen LogP contribution is 2.46. The fraction of sp³-hybridized carbons (Fsp3) is 0. The largest absolute Gasteiger partial charge is 0.396 e. The molecule has 0 radical (unpaired) electrons. The molecule has 5 aromatic rings. The highest BCUT2D eigenvalue weighted by Gasteiger charge is 2.26. The van der Waals surface area contributed by atoms with Crippen LogP contribution in [0, 0.1) is 5.82 Å². The Morgan fingerprint density at radius 1 is 1.00 bits per heavy atom. The minimum absolute atomic E-state index is 0.00898. The first kappa shape index (κ1) is 15.3. The zero-order valence-electron chi connectivity index (χ0n) is 12.2. The Kier molecular flexibility index (Phi) is 3.36. The highest BCUT2D eigenvalue weighted by atomic mass is 35.5. The first-order valence-corrected chi connectivity index (χ1v) is 10.1. The molecule has 1 N–H and O–H groups in total. The van der Waals surface area contributed by atoms with Crippen LogP contribution in [-0.4, -0.2) is 20.4 Å². The molecule has 25 heavy (non-hydrogen) atoms. The monoisotopic (exact) mass is 407 g/mol. The van der Waals surface area contributed by atoms with Crippen molar-refractivity contribution in [1.29, 1.82) is 0 Å². The predicted octanol–water partition coefficient (Wildman–Crippen LogP) is 6.13. The van der Waals surface area contributed by atoms with Crippen LogP contribution in [0.3, 0.4) is 0 Å². The molecular weight excluding hydrogens is 401 g/mol. The summed E-state index contributed by atoms with van der Waals surface area (Å²) in [5, 5.41) is 21.6. The summed E-state index contributed by atoms with van der Waals surface area (Å²) in [6.45, 7) is 0. The summed E-state index contributed by atoms with van der Waals surface area (Å²) in [5.41, 5.74) is 1.39. The first-order valence-electron chi connectivity index (χ1n) is 7.12. The molecular formula is C16H7ClFN3OS3. The Balaban J connectivity index is 1.90. The standard InChI is InChI=1S/C16H7ClFN3OS3/c17-13-11(10-6-9-7(25-10)3-5-24-9)15-16(20-21(22)19-15)12(14(13)18)8-2-1-4-23-8/h1-6,22H. The van der Waals surface area contributed by atoms with Crippen molar-refractivity contribution < 1.29 is 9.60 Å². The smallest absolute Gasteiger partial charge is 0.153 e. The van der Waals surface area contributed by atoms with Crippen LogP contribution in [0.1, 0.15) is 0 Å². The SMILES string of the molecule is On1nc2c(-c3cccs3)c(F)c(Cl)c(-c3cc4sccc4s3)c2n1. The van der Waals surface area contributed by atoms with Gasteiger partial charge in [-0.2, -0.15) is 0 Å². The molecule has 0 spiro atoms. The van der Waals surface area contributed by atoms with Gasteiger partial charge in [-0.3, -0.25) is 0 Å². The van der Waals surface area contributed by atoms with Crippen LogP contribution in [0.25, 0.3) is 41.3 Å². The van der Waals surface area contributed by atoms with Crippen LogP contribution in [0.15, 0.2) is 35.0 Å². The molecule has 0 aliphatic rings. The quantitative estimate of drug-likeness (QED) is 0.358. The van der Waals surface area contributed by atoms with E-state index in [1.807, 2.05) is 29.0 Å². The third-order valence-corrected chi connectivity index (χ3v) is 7.21. The molecule has 0 aliphatic carbocycles. The lowest BCUT2D eigenvalue weighted by atomic mass is 10.0. The van der Waals surface area contributed by atoms with Crippen molar-refractivity contribution in [2.24, 2.45) is 0 Å². The summed E-state index contributed by atoms with van der Waals surface area (Å²) in [6.07, 6.45) is 0. The Hall–Kier alpha value is -2.00. The molecule has 0 saturated heterocycles. The van der Waals surface area contributed by atoms with Gasteiger partial charge in [-0.25, -0.2) is 4.39 Å². The zero-order chi connectivity index (χ0) is 17.1. The number of thiophene rings is 3. The van der Waals surface area contributed by atoms with E-state index in [1.54, 1.807) is 17.4 Å². The van der Waals surface area contributed by atoms with Crippen LogP contribution < -0.4 is 0 Å². The number of halogens is 2. The molecule has 0 atom stereocenters. The number of benzene rings is 1. The molecule has 4 nitrogen and oxygen atoms in total. The lowest BCUT2D eigenvalue weighted by Crippen LogP contribution is -1.93. The molecule has 0 saturated carbocycles. The lowest BCUT2D eigenvalue weighted by Gasteiger charge is -2.08. The summed E-state index contributed by atoms with van der Waals surface area (Å²) in [6, 6.07) is 7.59. The molecule has 5 rings (SSSR count). The second-order valence-electron chi connectivity index (χ2n) is 5.28. The molecule has 4 heterocycles. The van der Waals surface area contributed by atoms with Crippen molar-refractivity contribution in [1.82, 2.24) is 15.2 Å². The molecule has 4 aromatic heterocycles. The molecule has 1 aromatic carbocycles. The molecule has 0 amide bonds. The van der Waals surface area contributed by atoms with Crippen molar-refractivity contribution in [3.63, 3.8) is 0 Å². The van der Waals surface area contributed by atoms with Crippen molar-refractivity contribution in [2.75, 3.05) is 0 Å². The van der Waals surface area contributed by atoms with Gasteiger partial charge in [0.25, 0.3) is 0 Å². The second-order valence-corrected chi connectivity index (χ2v) is 8.64. The van der Waals surface area contributed by atoms with Gasteiger partial charge in [-0.05, 0) is 33.9 Å². The zero-order valence-corrected chi connectivity index (χ0v) is 15.4. The maximum Gasteiger partial charge on any atom is 0.153 e. The van der Waals surface area contributed by atoms with Crippen LogP contribution in [0.2, 0.25) is 5.02 Å². The van der Waals surface area contributed by atoms with Gasteiger partial charge in [0, 0.05) is 24.7 Å². The minimum Gasteiger partial charge on any atom is -0.396 e. The van der Waals surface area contributed by atoms with E-state index >= 15 is 4.39 Å². The van der Waals surface area contributed by atoms with Crippen LogP contribution >= 0.6 is 45.6 Å². The van der Waals surface area contributed by atoms with Gasteiger partial charge in [0.15, 0.2) is 5.82 Å². The van der Waals surface area contributed by atoms with E-state index < -0.39 is 5.82 Å². The van der Waals surface area contributed by atoms with Gasteiger partial charge in [0.1, 0.15) is 11.0 Å². The maximum atomic E-state index is 15.2. The summed E-state index contributed by atoms with van der Waals surface area (Å²) >= 11 is 10.9. The molecule has 0 aliphatic heterocycles. The van der Waals surface area contributed by atoms with Crippen molar-refractivity contribution in [3.8, 4) is 20.9 Å². The number of nitrogens with zero attached hydrogens (tertiary/aromatic N) is 3. The van der Waals surface area contributed by atoms with Crippen molar-refractivity contribution in [2.45, 2.75) is 0 Å². The number of aromatic nitrogens is 3. The third-order valence-electron chi connectivity index (χ3n) is 3.86. The molecule has 9 heteroatoms. The van der Waals surface area contributed by atoms with E-state index in [-0.39, 0.29) is 10.6 Å². The van der Waals surface area contributed by atoms with Crippen molar-refractivity contribution >= 4 is 66.0 Å². The van der Waals surface area contributed by atoms with Gasteiger partial charge in [-0.1, -0.05) is 17.7 Å². The molecule has 0 unspecified atom stereocenters. The Morgan fingerprint density at radius 2 is 1.80 bits per heavy atom. The Bertz CT molecular complexity index is 1210. The second kappa shape index (κ2) is 5.50. The summed E-state index contributed by atoms with van der Waals surface area (Å²) in [7, 11) is 0. The predicted molar refractivity (Wildman–Crippen MR) is 102 cm³/mol. The minimum atomic E-state index is -0.552. The van der Waals surface area contributed by atoms with E-state index in [1.165, 1.54) is 22.7 Å². The lowest BCUT2D eigenvalue weighted by molar-refractivity contribution is 0.113. The van der Waals surface area contributed by atoms with Gasteiger partial charge in [-0.15, -0.1) is 44.2 Å². The van der Waals surface area contributed by atoms with E-state index in [9.17, 15) is 5.21 Å². The summed E-state index contributed by atoms with van der Waals surface area (Å²) in [5.74, 6) is -0.552. The Labute approximate surface area is 157 Å². The molecule has 124 valence electrons. The van der Waals surface area contributed by atoms with Crippen LogP contribution in [0.4, 0.5) is 4.39 Å².